The van der Waals surface area contributed by atoms with Crippen molar-refractivity contribution in [2.45, 2.75) is 0 Å². The van der Waals surface area contributed by atoms with Gasteiger partial charge in [0.15, 0.2) is 0 Å². The first-order chi connectivity index (χ1) is 3.80. The Balaban J connectivity index is 2.39. The van der Waals surface area contributed by atoms with Gasteiger partial charge in [-0.25, -0.2) is 0 Å². The Morgan fingerprint density at radius 2 is 2.50 bits per heavy atom. The van der Waals surface area contributed by atoms with Gasteiger partial charge in [-0.3, -0.25) is 4.79 Å². The lowest BCUT2D eigenvalue weighted by Crippen LogP contribution is -2.37. The molecule has 0 N–H and O–H groups in total. The molecule has 0 aromatic heterocycles. The predicted molar refractivity (Wildman–Crippen MR) is 25.9 cm³/mol. The van der Waals surface area contributed by atoms with Crippen LogP contribution in [0.1, 0.15) is 0 Å². The number of morpholine rings is 1. The van der Waals surface area contributed by atoms with Crippen molar-refractivity contribution in [2.75, 3.05) is 19.8 Å². The molecule has 4 heteroatoms. The Hall–Kier alpha value is -0.610. The SMILES string of the molecule is O=C1COCCN1[O-]. The van der Waals surface area contributed by atoms with Crippen molar-refractivity contribution in [1.82, 2.24) is 5.06 Å². The Morgan fingerprint density at radius 3 is 2.88 bits per heavy atom. The van der Waals surface area contributed by atoms with E-state index in [1.807, 2.05) is 0 Å². The molecule has 0 unspecified atom stereocenters. The highest BCUT2D eigenvalue weighted by Crippen LogP contribution is 1.93. The second-order valence-corrected chi connectivity index (χ2v) is 1.55. The first-order valence-corrected chi connectivity index (χ1v) is 2.36. The van der Waals surface area contributed by atoms with Crippen LogP contribution in [0.3, 0.4) is 0 Å². The number of rotatable bonds is 0. The molecule has 1 rings (SSSR count). The van der Waals surface area contributed by atoms with E-state index >= 15 is 0 Å². The van der Waals surface area contributed by atoms with Gasteiger partial charge in [0, 0.05) is 6.54 Å². The van der Waals surface area contributed by atoms with E-state index in [0.29, 0.717) is 11.7 Å². The van der Waals surface area contributed by atoms with Crippen LogP contribution in [0.5, 0.6) is 0 Å². The number of carbonyl (C=O) groups excluding carboxylic acids is 1. The molecule has 1 fully saturated rings. The molecular formula is C4H6NO3-. The number of hydrogen-bond donors (Lipinski definition) is 0. The highest BCUT2D eigenvalue weighted by Gasteiger charge is 2.08. The van der Waals surface area contributed by atoms with Crippen molar-refractivity contribution < 1.29 is 9.53 Å². The fourth-order valence-electron chi connectivity index (χ4n) is 0.504. The maximum Gasteiger partial charge on any atom is 0.238 e. The van der Waals surface area contributed by atoms with Crippen molar-refractivity contribution in [2.24, 2.45) is 0 Å². The van der Waals surface area contributed by atoms with Gasteiger partial charge in [0.05, 0.1) is 6.61 Å². The summed E-state index contributed by atoms with van der Waals surface area (Å²) in [4.78, 5) is 10.3. The predicted octanol–water partition coefficient (Wildman–Crippen LogP) is -0.657. The monoisotopic (exact) mass is 116 g/mol. The van der Waals surface area contributed by atoms with Gasteiger partial charge < -0.3 is 15.0 Å². The van der Waals surface area contributed by atoms with Gasteiger partial charge in [-0.2, -0.15) is 0 Å². The van der Waals surface area contributed by atoms with Crippen LogP contribution in [0, 0.1) is 5.21 Å². The van der Waals surface area contributed by atoms with Gasteiger partial charge >= 0.3 is 0 Å². The zero-order valence-electron chi connectivity index (χ0n) is 4.29. The maximum atomic E-state index is 10.3. The van der Waals surface area contributed by atoms with Crippen molar-refractivity contribution in [3.63, 3.8) is 0 Å². The molecule has 4 nitrogen and oxygen atoms in total. The molecule has 0 aromatic carbocycles. The van der Waals surface area contributed by atoms with E-state index < -0.39 is 5.91 Å². The minimum atomic E-state index is -0.476. The molecule has 0 saturated carbocycles. The van der Waals surface area contributed by atoms with Crippen LogP contribution in [-0.4, -0.2) is 30.7 Å². The minimum absolute atomic E-state index is 0.0521. The molecule has 1 amide bonds. The highest BCUT2D eigenvalue weighted by molar-refractivity contribution is 5.78. The zero-order valence-corrected chi connectivity index (χ0v) is 4.29. The lowest BCUT2D eigenvalue weighted by molar-refractivity contribution is -0.139. The van der Waals surface area contributed by atoms with Crippen molar-refractivity contribution >= 4 is 5.91 Å². The molecule has 0 aromatic rings. The van der Waals surface area contributed by atoms with E-state index in [9.17, 15) is 10.0 Å². The average molecular weight is 116 g/mol. The molecule has 46 valence electrons. The van der Waals surface area contributed by atoms with Crippen LogP contribution < -0.4 is 0 Å². The first-order valence-electron chi connectivity index (χ1n) is 2.36. The summed E-state index contributed by atoms with van der Waals surface area (Å²) in [6.45, 7) is 0.498. The standard InChI is InChI=1S/C4H6NO3/c6-4-3-8-2-1-5(4)7/h1-3H2/q-1. The molecule has 1 heterocycles. The van der Waals surface area contributed by atoms with E-state index in [2.05, 4.69) is 4.74 Å². The van der Waals surface area contributed by atoms with E-state index in [1.54, 1.807) is 0 Å². The van der Waals surface area contributed by atoms with Gasteiger partial charge in [-0.1, -0.05) is 0 Å². The fraction of sp³-hybridized carbons (Fsp3) is 0.750. The van der Waals surface area contributed by atoms with E-state index in [4.69, 9.17) is 0 Å². The van der Waals surface area contributed by atoms with Gasteiger partial charge in [-0.05, 0) is 0 Å². The smallest absolute Gasteiger partial charge is 0.238 e. The quantitative estimate of drug-likeness (QED) is 0.422. The third-order valence-corrected chi connectivity index (χ3v) is 0.942. The Kier molecular flexibility index (Phi) is 1.45. The molecule has 0 bridgehead atoms. The van der Waals surface area contributed by atoms with E-state index in [1.165, 1.54) is 0 Å². The number of hydrogen-bond acceptors (Lipinski definition) is 3. The number of ether oxygens (including phenoxy) is 1. The summed E-state index contributed by atoms with van der Waals surface area (Å²) in [6.07, 6.45) is 0. The summed E-state index contributed by atoms with van der Waals surface area (Å²) in [5.41, 5.74) is 0. The Morgan fingerprint density at radius 1 is 1.75 bits per heavy atom. The number of nitrogens with zero attached hydrogens (tertiary/aromatic N) is 1. The molecule has 1 aliphatic heterocycles. The normalized spacial score (nSPS) is 21.6. The van der Waals surface area contributed by atoms with Crippen LogP contribution in [-0.2, 0) is 9.53 Å². The summed E-state index contributed by atoms with van der Waals surface area (Å²) >= 11 is 0. The Labute approximate surface area is 46.6 Å². The third kappa shape index (κ3) is 0.962. The van der Waals surface area contributed by atoms with Crippen molar-refractivity contribution in [3.05, 3.63) is 5.21 Å². The zero-order chi connectivity index (χ0) is 5.98. The largest absolute Gasteiger partial charge is 0.756 e. The second kappa shape index (κ2) is 2.11. The van der Waals surface area contributed by atoms with Crippen LogP contribution >= 0.6 is 0 Å². The Bertz CT molecular complexity index is 103. The molecule has 1 aliphatic rings. The lowest BCUT2D eigenvalue weighted by atomic mass is 10.5. The molecule has 0 radical (unpaired) electrons. The summed E-state index contributed by atoms with van der Waals surface area (Å²) in [5, 5.41) is 10.7. The van der Waals surface area contributed by atoms with Gasteiger partial charge in [-0.15, -0.1) is 0 Å². The molecule has 0 spiro atoms. The van der Waals surface area contributed by atoms with Crippen molar-refractivity contribution in [1.29, 1.82) is 0 Å². The summed E-state index contributed by atoms with van der Waals surface area (Å²) in [7, 11) is 0. The lowest BCUT2D eigenvalue weighted by Gasteiger charge is -2.31. The molecular weight excluding hydrogens is 110 g/mol. The second-order valence-electron chi connectivity index (χ2n) is 1.55. The van der Waals surface area contributed by atoms with Crippen LogP contribution in [0.4, 0.5) is 0 Å². The van der Waals surface area contributed by atoms with E-state index in [-0.39, 0.29) is 13.2 Å². The highest BCUT2D eigenvalue weighted by atomic mass is 16.5. The number of carbonyl (C=O) groups is 1. The van der Waals surface area contributed by atoms with Gasteiger partial charge in [0.1, 0.15) is 6.61 Å². The van der Waals surface area contributed by atoms with Crippen molar-refractivity contribution in [3.8, 4) is 0 Å². The topological polar surface area (TPSA) is 52.6 Å². The summed E-state index contributed by atoms with van der Waals surface area (Å²) < 4.78 is 4.66. The van der Waals surface area contributed by atoms with Crippen LogP contribution in [0.15, 0.2) is 0 Å². The molecule has 0 aliphatic carbocycles. The summed E-state index contributed by atoms with van der Waals surface area (Å²) in [6, 6.07) is 0. The number of hydroxylamine groups is 2. The molecule has 0 atom stereocenters. The van der Waals surface area contributed by atoms with Crippen LogP contribution in [0.25, 0.3) is 0 Å². The minimum Gasteiger partial charge on any atom is -0.756 e. The maximum absolute atomic E-state index is 10.3. The van der Waals surface area contributed by atoms with Gasteiger partial charge in [0.2, 0.25) is 5.91 Å². The summed E-state index contributed by atoms with van der Waals surface area (Å²) in [5.74, 6) is -0.476. The fourth-order valence-corrected chi connectivity index (χ4v) is 0.504. The molecule has 8 heavy (non-hydrogen) atoms. The number of amides is 1. The average Bonchev–Trinajstić information content (AvgIpc) is 1.77. The third-order valence-electron chi connectivity index (χ3n) is 0.942. The first kappa shape index (κ1) is 5.53. The van der Waals surface area contributed by atoms with E-state index in [0.717, 1.165) is 0 Å². The van der Waals surface area contributed by atoms with Crippen LogP contribution in [0.2, 0.25) is 0 Å². The van der Waals surface area contributed by atoms with Gasteiger partial charge in [0.25, 0.3) is 0 Å². The molecule has 1 saturated heterocycles.